The second kappa shape index (κ2) is 7.00. The van der Waals surface area contributed by atoms with Crippen molar-refractivity contribution in [2.75, 3.05) is 6.61 Å². The van der Waals surface area contributed by atoms with Gasteiger partial charge >= 0.3 is 0 Å². The van der Waals surface area contributed by atoms with Crippen molar-refractivity contribution in [3.8, 4) is 0 Å². The van der Waals surface area contributed by atoms with Crippen molar-refractivity contribution >= 4 is 11.6 Å². The van der Waals surface area contributed by atoms with E-state index in [1.54, 1.807) is 6.08 Å². The lowest BCUT2D eigenvalue weighted by molar-refractivity contribution is -0.186. The molecule has 0 amide bonds. The van der Waals surface area contributed by atoms with Crippen molar-refractivity contribution < 1.29 is 29.3 Å². The number of aliphatic hydroxyl groups excluding tert-OH is 2. The average molecular weight is 431 g/mol. The molecule has 0 aromatic carbocycles. The average Bonchev–Trinajstić information content (AvgIpc) is 3.21. The Morgan fingerprint density at radius 2 is 2.00 bits per heavy atom. The monoisotopic (exact) mass is 430 g/mol. The van der Waals surface area contributed by atoms with Crippen LogP contribution in [-0.4, -0.2) is 46.4 Å². The van der Waals surface area contributed by atoms with Crippen LogP contribution in [0.2, 0.25) is 0 Å². The van der Waals surface area contributed by atoms with Crippen LogP contribution in [0.25, 0.3) is 0 Å². The number of carbonyl (C=O) groups is 2. The van der Waals surface area contributed by atoms with E-state index in [0.29, 0.717) is 5.92 Å². The van der Waals surface area contributed by atoms with Crippen molar-refractivity contribution in [3.63, 3.8) is 0 Å². The number of hydrogen-bond acceptors (Lipinski definition) is 6. The molecule has 6 heteroatoms. The van der Waals surface area contributed by atoms with E-state index >= 15 is 0 Å². The van der Waals surface area contributed by atoms with Gasteiger partial charge in [0.25, 0.3) is 0 Å². The van der Waals surface area contributed by atoms with Gasteiger partial charge in [-0.1, -0.05) is 25.8 Å². The van der Waals surface area contributed by atoms with Gasteiger partial charge in [0.15, 0.2) is 23.5 Å². The van der Waals surface area contributed by atoms with E-state index in [2.05, 4.69) is 20.8 Å². The third-order valence-corrected chi connectivity index (χ3v) is 9.60. The summed E-state index contributed by atoms with van der Waals surface area (Å²) >= 11 is 0. The first-order chi connectivity index (χ1) is 14.7. The van der Waals surface area contributed by atoms with E-state index in [4.69, 9.17) is 9.47 Å². The summed E-state index contributed by atoms with van der Waals surface area (Å²) in [5.74, 6) is 0.516. The Morgan fingerprint density at radius 1 is 1.23 bits per heavy atom. The second-order valence-corrected chi connectivity index (χ2v) is 10.7. The molecule has 1 saturated heterocycles. The number of carbonyl (C=O) groups excluding carboxylic acids is 2. The fraction of sp³-hybridized carbons (Fsp3) is 0.760. The van der Waals surface area contributed by atoms with Crippen LogP contribution in [0.5, 0.6) is 0 Å². The van der Waals surface area contributed by atoms with Crippen LogP contribution in [0.4, 0.5) is 0 Å². The molecular formula is C25H34O6. The molecule has 6 nitrogen and oxygen atoms in total. The SMILES string of the molecule is CCCC1O[C@@H]2C[C@H]3[C@@H]4CCC5=CC(=O)C=C(O)[C@]5(C)[C@H]4CC[C@]3(C)[C@]2(C(=O)CO)O1. The number of aliphatic hydroxyl groups is 2. The highest BCUT2D eigenvalue weighted by Gasteiger charge is 2.74. The summed E-state index contributed by atoms with van der Waals surface area (Å²) in [6.07, 6.45) is 8.07. The van der Waals surface area contributed by atoms with Crippen LogP contribution in [-0.2, 0) is 19.1 Å². The van der Waals surface area contributed by atoms with Gasteiger partial charge < -0.3 is 19.7 Å². The fourth-order valence-electron chi connectivity index (χ4n) is 8.11. The second-order valence-electron chi connectivity index (χ2n) is 10.7. The number of rotatable bonds is 4. The molecule has 2 N–H and O–H groups in total. The first kappa shape index (κ1) is 21.4. The molecule has 1 aliphatic heterocycles. The minimum Gasteiger partial charge on any atom is -0.511 e. The molecule has 170 valence electrons. The molecule has 8 atom stereocenters. The lowest BCUT2D eigenvalue weighted by atomic mass is 9.46. The molecule has 5 aliphatic rings. The van der Waals surface area contributed by atoms with Crippen LogP contribution < -0.4 is 0 Å². The van der Waals surface area contributed by atoms with Crippen LogP contribution in [0.3, 0.4) is 0 Å². The molecule has 31 heavy (non-hydrogen) atoms. The smallest absolute Gasteiger partial charge is 0.193 e. The first-order valence-corrected chi connectivity index (χ1v) is 11.9. The number of hydrogen-bond donors (Lipinski definition) is 2. The van der Waals surface area contributed by atoms with Gasteiger partial charge in [0, 0.05) is 16.9 Å². The fourth-order valence-corrected chi connectivity index (χ4v) is 8.11. The van der Waals surface area contributed by atoms with Crippen LogP contribution in [0, 0.1) is 28.6 Å². The summed E-state index contributed by atoms with van der Waals surface area (Å²) in [5.41, 5.74) is -0.981. The lowest BCUT2D eigenvalue weighted by Gasteiger charge is -2.58. The highest BCUT2D eigenvalue weighted by atomic mass is 16.7. The first-order valence-electron chi connectivity index (χ1n) is 11.9. The molecule has 0 bridgehead atoms. The van der Waals surface area contributed by atoms with Gasteiger partial charge in [-0.15, -0.1) is 0 Å². The van der Waals surface area contributed by atoms with Gasteiger partial charge in [0.2, 0.25) is 0 Å². The molecule has 0 aromatic heterocycles. The Kier molecular flexibility index (Phi) is 4.82. The van der Waals surface area contributed by atoms with Crippen molar-refractivity contribution in [2.24, 2.45) is 28.6 Å². The predicted molar refractivity (Wildman–Crippen MR) is 113 cm³/mol. The van der Waals surface area contributed by atoms with E-state index in [0.717, 1.165) is 50.5 Å². The molecule has 5 rings (SSSR count). The van der Waals surface area contributed by atoms with Crippen molar-refractivity contribution in [1.29, 1.82) is 0 Å². The van der Waals surface area contributed by atoms with E-state index < -0.39 is 29.3 Å². The lowest BCUT2D eigenvalue weighted by Crippen LogP contribution is -2.60. The van der Waals surface area contributed by atoms with Gasteiger partial charge in [-0.2, -0.15) is 0 Å². The minimum absolute atomic E-state index is 0.129. The summed E-state index contributed by atoms with van der Waals surface area (Å²) in [6, 6.07) is 0. The molecule has 1 heterocycles. The number of allylic oxidation sites excluding steroid dienone is 3. The predicted octanol–water partition coefficient (Wildman–Crippen LogP) is 3.63. The quantitative estimate of drug-likeness (QED) is 0.707. The zero-order valence-electron chi connectivity index (χ0n) is 18.7. The van der Waals surface area contributed by atoms with E-state index in [1.807, 2.05) is 0 Å². The Balaban J connectivity index is 1.53. The topological polar surface area (TPSA) is 93.1 Å². The Labute approximate surface area is 183 Å². The Bertz CT molecular complexity index is 875. The molecule has 0 spiro atoms. The third-order valence-electron chi connectivity index (χ3n) is 9.60. The largest absolute Gasteiger partial charge is 0.511 e. The van der Waals surface area contributed by atoms with Gasteiger partial charge in [-0.3, -0.25) is 9.59 Å². The minimum atomic E-state index is -1.09. The number of Topliss-reactive ketones (excluding diaryl/α,β-unsaturated/α-hetero) is 1. The van der Waals surface area contributed by atoms with E-state index in [-0.39, 0.29) is 35.3 Å². The Hall–Kier alpha value is -1.50. The normalized spacial score (nSPS) is 48.3. The molecule has 3 saturated carbocycles. The van der Waals surface area contributed by atoms with Gasteiger partial charge in [-0.05, 0) is 69.3 Å². The zero-order chi connectivity index (χ0) is 22.2. The van der Waals surface area contributed by atoms with Crippen LogP contribution in [0.1, 0.15) is 65.7 Å². The Morgan fingerprint density at radius 3 is 2.71 bits per heavy atom. The van der Waals surface area contributed by atoms with E-state index in [1.165, 1.54) is 6.08 Å². The van der Waals surface area contributed by atoms with Gasteiger partial charge in [0.1, 0.15) is 12.4 Å². The summed E-state index contributed by atoms with van der Waals surface area (Å²) in [4.78, 5) is 25.2. The zero-order valence-corrected chi connectivity index (χ0v) is 18.7. The van der Waals surface area contributed by atoms with Crippen LogP contribution in [0.15, 0.2) is 23.5 Å². The molecule has 0 aromatic rings. The number of ether oxygens (including phenoxy) is 2. The standard InChI is InChI=1S/C25H34O6/c1-4-5-22-30-21-12-18-16-7-6-14-10-15(27)11-19(28)24(14,3)17(16)8-9-23(18,2)25(21,31-22)20(29)13-26/h10-11,16-18,21-22,26,28H,4-9,12-13H2,1-3H3/t16-,17+,18+,21-,22?,23+,24+,25-/m1/s1. The van der Waals surface area contributed by atoms with Crippen molar-refractivity contribution in [2.45, 2.75) is 83.7 Å². The van der Waals surface area contributed by atoms with Crippen molar-refractivity contribution in [3.05, 3.63) is 23.5 Å². The molecule has 4 aliphatic carbocycles. The molecule has 0 radical (unpaired) electrons. The highest BCUT2D eigenvalue weighted by molar-refractivity contribution is 6.01. The molecule has 1 unspecified atom stereocenters. The summed E-state index contributed by atoms with van der Waals surface area (Å²) in [5, 5.41) is 20.8. The molecular weight excluding hydrogens is 396 g/mol. The highest BCUT2D eigenvalue weighted by Crippen LogP contribution is 2.70. The maximum Gasteiger partial charge on any atom is 0.193 e. The summed E-state index contributed by atoms with van der Waals surface area (Å²) in [6.45, 7) is 5.77. The van der Waals surface area contributed by atoms with E-state index in [9.17, 15) is 19.8 Å². The van der Waals surface area contributed by atoms with Gasteiger partial charge in [-0.25, -0.2) is 0 Å². The summed E-state index contributed by atoms with van der Waals surface area (Å²) < 4.78 is 12.7. The van der Waals surface area contributed by atoms with Crippen LogP contribution >= 0.6 is 0 Å². The van der Waals surface area contributed by atoms with Gasteiger partial charge in [0.05, 0.1) is 6.10 Å². The maximum absolute atomic E-state index is 13.2. The molecule has 4 fully saturated rings. The van der Waals surface area contributed by atoms with Crippen molar-refractivity contribution in [1.82, 2.24) is 0 Å². The maximum atomic E-state index is 13.2. The summed E-state index contributed by atoms with van der Waals surface area (Å²) in [7, 11) is 0. The number of fused-ring (bicyclic) bond motifs is 7. The third kappa shape index (κ3) is 2.56. The number of ketones is 2.